The van der Waals surface area contributed by atoms with Gasteiger partial charge in [0.1, 0.15) is 0 Å². The number of rotatable bonds is 5. The Labute approximate surface area is 127 Å². The quantitative estimate of drug-likeness (QED) is 0.870. The molecule has 1 aromatic rings. The molecule has 1 aromatic heterocycles. The van der Waals surface area contributed by atoms with Gasteiger partial charge in [-0.05, 0) is 47.1 Å². The van der Waals surface area contributed by atoms with Crippen molar-refractivity contribution < 1.29 is 8.42 Å². The Hall–Kier alpha value is 0.0500. The van der Waals surface area contributed by atoms with Crippen LogP contribution in [0.5, 0.6) is 0 Å². The number of sulfonamides is 1. The highest BCUT2D eigenvalue weighted by Crippen LogP contribution is 2.23. The lowest BCUT2D eigenvalue weighted by Crippen LogP contribution is -2.45. The zero-order valence-corrected chi connectivity index (χ0v) is 14.2. The second kappa shape index (κ2) is 6.67. The van der Waals surface area contributed by atoms with Gasteiger partial charge in [0, 0.05) is 35.0 Å². The Morgan fingerprint density at radius 3 is 2.68 bits per heavy atom. The van der Waals surface area contributed by atoms with Gasteiger partial charge in [0.15, 0.2) is 0 Å². The smallest absolute Gasteiger partial charge is 0.213 e. The maximum Gasteiger partial charge on any atom is 0.213 e. The van der Waals surface area contributed by atoms with Crippen molar-refractivity contribution in [1.82, 2.24) is 9.62 Å². The second-order valence-electron chi connectivity index (χ2n) is 4.65. The van der Waals surface area contributed by atoms with Gasteiger partial charge < -0.3 is 5.32 Å². The summed E-state index contributed by atoms with van der Waals surface area (Å²) in [5, 5.41) is 5.58. The van der Waals surface area contributed by atoms with Crippen molar-refractivity contribution in [2.24, 2.45) is 0 Å². The Morgan fingerprint density at radius 2 is 2.16 bits per heavy atom. The Kier molecular flexibility index (Phi) is 5.42. The van der Waals surface area contributed by atoms with Crippen LogP contribution >= 0.6 is 27.3 Å². The molecule has 2 rings (SSSR count). The van der Waals surface area contributed by atoms with Crippen molar-refractivity contribution in [2.45, 2.75) is 32.4 Å². The third-order valence-electron chi connectivity index (χ3n) is 3.45. The van der Waals surface area contributed by atoms with Crippen LogP contribution in [0.4, 0.5) is 0 Å². The first kappa shape index (κ1) is 15.4. The van der Waals surface area contributed by atoms with E-state index < -0.39 is 10.0 Å². The standard InChI is InChI=1S/C12H19BrN2O2S2/c1-2-19(16,17)15-6-3-10(4-7-15)14-9-12-11(13)5-8-18-12/h5,8,10,14H,2-4,6-7,9H2,1H3. The minimum atomic E-state index is -3.01. The number of hydrogen-bond donors (Lipinski definition) is 1. The largest absolute Gasteiger partial charge is 0.309 e. The van der Waals surface area contributed by atoms with E-state index in [0.29, 0.717) is 19.1 Å². The van der Waals surface area contributed by atoms with E-state index in [1.54, 1.807) is 22.6 Å². The fourth-order valence-electron chi connectivity index (χ4n) is 2.21. The lowest BCUT2D eigenvalue weighted by Gasteiger charge is -2.31. The first-order valence-electron chi connectivity index (χ1n) is 6.46. The SMILES string of the molecule is CCS(=O)(=O)N1CCC(NCc2sccc2Br)CC1. The summed E-state index contributed by atoms with van der Waals surface area (Å²) in [4.78, 5) is 1.30. The van der Waals surface area contributed by atoms with Crippen molar-refractivity contribution in [3.8, 4) is 0 Å². The molecule has 1 aliphatic rings. The third-order valence-corrected chi connectivity index (χ3v) is 7.26. The fourth-order valence-corrected chi connectivity index (χ4v) is 4.78. The van der Waals surface area contributed by atoms with Gasteiger partial charge in [0.2, 0.25) is 10.0 Å². The summed E-state index contributed by atoms with van der Waals surface area (Å²) in [5.74, 6) is 0.202. The lowest BCUT2D eigenvalue weighted by molar-refractivity contribution is 0.289. The van der Waals surface area contributed by atoms with Gasteiger partial charge in [0.05, 0.1) is 5.75 Å². The van der Waals surface area contributed by atoms with Gasteiger partial charge in [0.25, 0.3) is 0 Å². The molecule has 2 heterocycles. The number of halogens is 1. The molecule has 0 atom stereocenters. The van der Waals surface area contributed by atoms with E-state index in [4.69, 9.17) is 0 Å². The molecule has 108 valence electrons. The van der Waals surface area contributed by atoms with Gasteiger partial charge in [-0.25, -0.2) is 12.7 Å². The average Bonchev–Trinajstić information content (AvgIpc) is 2.82. The lowest BCUT2D eigenvalue weighted by atomic mass is 10.1. The van der Waals surface area contributed by atoms with Gasteiger partial charge in [-0.2, -0.15) is 0 Å². The molecule has 0 spiro atoms. The molecule has 1 aliphatic heterocycles. The first-order valence-corrected chi connectivity index (χ1v) is 9.74. The molecule has 0 radical (unpaired) electrons. The van der Waals surface area contributed by atoms with E-state index in [2.05, 4.69) is 32.7 Å². The molecule has 1 N–H and O–H groups in total. The summed E-state index contributed by atoms with van der Waals surface area (Å²) >= 11 is 5.25. The number of nitrogens with zero attached hydrogens (tertiary/aromatic N) is 1. The Bertz CT molecular complexity index is 508. The van der Waals surface area contributed by atoms with Crippen LogP contribution in [-0.2, 0) is 16.6 Å². The fraction of sp³-hybridized carbons (Fsp3) is 0.667. The van der Waals surface area contributed by atoms with Crippen molar-refractivity contribution >= 4 is 37.3 Å². The molecule has 0 saturated carbocycles. The van der Waals surface area contributed by atoms with Crippen LogP contribution in [0, 0.1) is 0 Å². The highest BCUT2D eigenvalue weighted by atomic mass is 79.9. The zero-order valence-electron chi connectivity index (χ0n) is 10.9. The maximum absolute atomic E-state index is 11.8. The molecule has 0 amide bonds. The summed E-state index contributed by atoms with van der Waals surface area (Å²) in [6, 6.07) is 2.47. The van der Waals surface area contributed by atoms with E-state index in [0.717, 1.165) is 23.9 Å². The molecule has 7 heteroatoms. The van der Waals surface area contributed by atoms with Gasteiger partial charge >= 0.3 is 0 Å². The van der Waals surface area contributed by atoms with E-state index >= 15 is 0 Å². The number of hydrogen-bond acceptors (Lipinski definition) is 4. The van der Waals surface area contributed by atoms with Crippen LogP contribution in [0.15, 0.2) is 15.9 Å². The monoisotopic (exact) mass is 366 g/mol. The van der Waals surface area contributed by atoms with Gasteiger partial charge in [-0.3, -0.25) is 0 Å². The maximum atomic E-state index is 11.8. The summed E-state index contributed by atoms with van der Waals surface area (Å²) in [5.41, 5.74) is 0. The molecule has 1 saturated heterocycles. The second-order valence-corrected chi connectivity index (χ2v) is 8.76. The van der Waals surface area contributed by atoms with Crippen LogP contribution in [0.2, 0.25) is 0 Å². The van der Waals surface area contributed by atoms with Crippen LogP contribution in [-0.4, -0.2) is 37.6 Å². The van der Waals surface area contributed by atoms with Crippen LogP contribution in [0.1, 0.15) is 24.6 Å². The zero-order chi connectivity index (χ0) is 13.9. The van der Waals surface area contributed by atoms with E-state index in [9.17, 15) is 8.42 Å². The molecule has 1 fully saturated rings. The molecule has 4 nitrogen and oxygen atoms in total. The average molecular weight is 367 g/mol. The highest BCUT2D eigenvalue weighted by molar-refractivity contribution is 9.10. The Morgan fingerprint density at radius 1 is 1.47 bits per heavy atom. The number of thiophene rings is 1. The highest BCUT2D eigenvalue weighted by Gasteiger charge is 2.26. The van der Waals surface area contributed by atoms with Crippen molar-refractivity contribution in [1.29, 1.82) is 0 Å². The molecule has 0 aliphatic carbocycles. The van der Waals surface area contributed by atoms with Crippen molar-refractivity contribution in [3.05, 3.63) is 20.8 Å². The molecule has 19 heavy (non-hydrogen) atoms. The van der Waals surface area contributed by atoms with Gasteiger partial charge in [-0.1, -0.05) is 0 Å². The van der Waals surface area contributed by atoms with E-state index in [1.165, 1.54) is 4.88 Å². The normalized spacial score (nSPS) is 18.8. The predicted octanol–water partition coefficient (Wildman–Crippen LogP) is 2.41. The van der Waals surface area contributed by atoms with Crippen LogP contribution in [0.3, 0.4) is 0 Å². The van der Waals surface area contributed by atoms with Gasteiger partial charge in [-0.15, -0.1) is 11.3 Å². The van der Waals surface area contributed by atoms with Crippen LogP contribution in [0.25, 0.3) is 0 Å². The predicted molar refractivity (Wildman–Crippen MR) is 82.9 cm³/mol. The molecular weight excluding hydrogens is 348 g/mol. The molecule has 0 bridgehead atoms. The summed E-state index contributed by atoms with van der Waals surface area (Å²) in [6.07, 6.45) is 1.78. The van der Waals surface area contributed by atoms with E-state index in [-0.39, 0.29) is 5.75 Å². The van der Waals surface area contributed by atoms with Crippen LogP contribution < -0.4 is 5.32 Å². The third kappa shape index (κ3) is 4.01. The Balaban J connectivity index is 1.80. The van der Waals surface area contributed by atoms with Crippen molar-refractivity contribution in [3.63, 3.8) is 0 Å². The number of piperidine rings is 1. The minimum Gasteiger partial charge on any atom is -0.309 e. The summed E-state index contributed by atoms with van der Waals surface area (Å²) in [6.45, 7) is 3.83. The first-order chi connectivity index (χ1) is 9.03. The molecule has 0 aromatic carbocycles. The van der Waals surface area contributed by atoms with Crippen molar-refractivity contribution in [2.75, 3.05) is 18.8 Å². The molecular formula is C12H19BrN2O2S2. The van der Waals surface area contributed by atoms with E-state index in [1.807, 2.05) is 0 Å². The summed E-state index contributed by atoms with van der Waals surface area (Å²) < 4.78 is 26.3. The topological polar surface area (TPSA) is 49.4 Å². The minimum absolute atomic E-state index is 0.202. The molecule has 0 unspecified atom stereocenters. The number of nitrogens with one attached hydrogen (secondary N) is 1. The summed E-state index contributed by atoms with van der Waals surface area (Å²) in [7, 11) is -3.01.